The summed E-state index contributed by atoms with van der Waals surface area (Å²) in [6.07, 6.45) is 2.72. The van der Waals surface area contributed by atoms with Gasteiger partial charge in [-0.25, -0.2) is 0 Å². The Hall–Kier alpha value is -2.71. The van der Waals surface area contributed by atoms with Crippen molar-refractivity contribution in [3.63, 3.8) is 0 Å². The van der Waals surface area contributed by atoms with Gasteiger partial charge in [-0.3, -0.25) is 9.59 Å². The molecule has 0 bridgehead atoms. The summed E-state index contributed by atoms with van der Waals surface area (Å²) in [4.78, 5) is 29.6. The number of benzene rings is 2. The minimum Gasteiger partial charge on any atom is -0.493 e. The summed E-state index contributed by atoms with van der Waals surface area (Å²) in [7, 11) is 6.44. The van der Waals surface area contributed by atoms with Crippen LogP contribution in [0.4, 0.5) is 0 Å². The van der Waals surface area contributed by atoms with Crippen LogP contribution in [0.15, 0.2) is 41.3 Å². The van der Waals surface area contributed by atoms with Crippen LogP contribution in [0.1, 0.15) is 39.9 Å². The van der Waals surface area contributed by atoms with Crippen molar-refractivity contribution in [1.29, 1.82) is 0 Å². The highest BCUT2D eigenvalue weighted by Gasteiger charge is 2.43. The van der Waals surface area contributed by atoms with E-state index in [9.17, 15) is 9.59 Å². The Morgan fingerprint density at radius 3 is 2.34 bits per heavy atom. The number of carbonyl (C=O) groups is 2. The smallest absolute Gasteiger partial charge is 0.254 e. The number of likely N-dealkylation sites (N-methyl/N-ethyl adjacent to an activating group) is 1. The predicted molar refractivity (Wildman–Crippen MR) is 125 cm³/mol. The van der Waals surface area contributed by atoms with E-state index in [1.165, 1.54) is 7.11 Å². The zero-order chi connectivity index (χ0) is 23.3. The van der Waals surface area contributed by atoms with Crippen LogP contribution in [0, 0.1) is 0 Å². The molecule has 1 aliphatic rings. The van der Waals surface area contributed by atoms with E-state index in [0.29, 0.717) is 42.2 Å². The molecule has 172 valence electrons. The first-order valence-corrected chi connectivity index (χ1v) is 11.6. The van der Waals surface area contributed by atoms with Gasteiger partial charge in [-0.15, -0.1) is 11.8 Å². The molecule has 2 atom stereocenters. The molecule has 2 aromatic rings. The SMILES string of the molecule is COCCCNC(=O)C1c2cc(OC)c(OC)cc2C(=O)N(C)C1c1ccc(SC)cc1. The highest BCUT2D eigenvalue weighted by atomic mass is 32.2. The Morgan fingerprint density at radius 2 is 1.75 bits per heavy atom. The number of ether oxygens (including phenoxy) is 3. The van der Waals surface area contributed by atoms with Crippen LogP contribution in [0.3, 0.4) is 0 Å². The maximum atomic E-state index is 13.5. The van der Waals surface area contributed by atoms with Crippen LogP contribution in [0.2, 0.25) is 0 Å². The van der Waals surface area contributed by atoms with Gasteiger partial charge in [0.15, 0.2) is 11.5 Å². The van der Waals surface area contributed by atoms with Crippen LogP contribution in [0.5, 0.6) is 11.5 Å². The maximum Gasteiger partial charge on any atom is 0.254 e. The number of fused-ring (bicyclic) bond motifs is 1. The van der Waals surface area contributed by atoms with Gasteiger partial charge in [0.1, 0.15) is 0 Å². The fraction of sp³-hybridized carbons (Fsp3) is 0.417. The third-order valence-electron chi connectivity index (χ3n) is 5.74. The molecule has 0 saturated carbocycles. The summed E-state index contributed by atoms with van der Waals surface area (Å²) in [5, 5.41) is 3.02. The molecule has 0 fully saturated rings. The predicted octanol–water partition coefficient (Wildman–Crippen LogP) is 3.49. The number of thioether (sulfide) groups is 1. The molecule has 1 N–H and O–H groups in total. The third-order valence-corrected chi connectivity index (χ3v) is 6.48. The number of amides is 2. The lowest BCUT2D eigenvalue weighted by molar-refractivity contribution is -0.124. The van der Waals surface area contributed by atoms with Gasteiger partial charge in [0.25, 0.3) is 5.91 Å². The van der Waals surface area contributed by atoms with E-state index in [2.05, 4.69) is 5.32 Å². The molecule has 2 aromatic carbocycles. The molecule has 2 unspecified atom stereocenters. The number of rotatable bonds is 9. The van der Waals surface area contributed by atoms with Gasteiger partial charge < -0.3 is 24.4 Å². The molecule has 3 rings (SSSR count). The minimum atomic E-state index is -0.602. The van der Waals surface area contributed by atoms with E-state index in [4.69, 9.17) is 14.2 Å². The van der Waals surface area contributed by atoms with E-state index in [1.54, 1.807) is 50.1 Å². The summed E-state index contributed by atoms with van der Waals surface area (Å²) in [6.45, 7) is 1.05. The molecule has 0 spiro atoms. The van der Waals surface area contributed by atoms with E-state index in [-0.39, 0.29) is 11.8 Å². The first-order valence-electron chi connectivity index (χ1n) is 10.4. The molecule has 1 aliphatic heterocycles. The van der Waals surface area contributed by atoms with Gasteiger partial charge in [0.05, 0.1) is 26.2 Å². The monoisotopic (exact) mass is 458 g/mol. The average Bonchev–Trinajstić information content (AvgIpc) is 2.83. The number of nitrogens with zero attached hydrogens (tertiary/aromatic N) is 1. The molecule has 0 saturated heterocycles. The fourth-order valence-electron chi connectivity index (χ4n) is 4.09. The van der Waals surface area contributed by atoms with Crippen LogP contribution in [0.25, 0.3) is 0 Å². The van der Waals surface area contributed by atoms with E-state index in [1.807, 2.05) is 30.5 Å². The molecular formula is C24H30N2O5S. The van der Waals surface area contributed by atoms with Crippen molar-refractivity contribution in [3.8, 4) is 11.5 Å². The van der Waals surface area contributed by atoms with Gasteiger partial charge in [-0.1, -0.05) is 12.1 Å². The average molecular weight is 459 g/mol. The highest BCUT2D eigenvalue weighted by molar-refractivity contribution is 7.98. The van der Waals surface area contributed by atoms with Gasteiger partial charge >= 0.3 is 0 Å². The number of methoxy groups -OCH3 is 3. The molecule has 8 heteroatoms. The Balaban J connectivity index is 2.10. The van der Waals surface area contributed by atoms with Crippen molar-refractivity contribution in [1.82, 2.24) is 10.2 Å². The van der Waals surface area contributed by atoms with Crippen LogP contribution >= 0.6 is 11.8 Å². The van der Waals surface area contributed by atoms with Crippen LogP contribution in [-0.4, -0.2) is 64.5 Å². The Morgan fingerprint density at radius 1 is 1.09 bits per heavy atom. The quantitative estimate of drug-likeness (QED) is 0.458. The third kappa shape index (κ3) is 4.71. The largest absolute Gasteiger partial charge is 0.493 e. The van der Waals surface area contributed by atoms with Crippen molar-refractivity contribution < 1.29 is 23.8 Å². The zero-order valence-corrected chi connectivity index (χ0v) is 20.0. The molecule has 32 heavy (non-hydrogen) atoms. The molecule has 7 nitrogen and oxygen atoms in total. The number of hydrogen-bond acceptors (Lipinski definition) is 6. The highest BCUT2D eigenvalue weighted by Crippen LogP contribution is 2.45. The number of hydrogen-bond donors (Lipinski definition) is 1. The summed E-state index contributed by atoms with van der Waals surface area (Å²) in [5.74, 6) is 0.0265. The van der Waals surface area contributed by atoms with Gasteiger partial charge in [-0.05, 0) is 48.1 Å². The Labute approximate surface area is 193 Å². The van der Waals surface area contributed by atoms with Crippen molar-refractivity contribution >= 4 is 23.6 Å². The van der Waals surface area contributed by atoms with Crippen LogP contribution in [-0.2, 0) is 9.53 Å². The molecule has 0 aliphatic carbocycles. The minimum absolute atomic E-state index is 0.145. The van der Waals surface area contributed by atoms with E-state index in [0.717, 1.165) is 10.5 Å². The number of carbonyl (C=O) groups excluding carboxylic acids is 2. The second kappa shape index (κ2) is 10.7. The first-order chi connectivity index (χ1) is 15.5. The molecule has 0 aromatic heterocycles. The zero-order valence-electron chi connectivity index (χ0n) is 19.1. The molecule has 1 heterocycles. The second-order valence-corrected chi connectivity index (χ2v) is 8.42. The fourth-order valence-corrected chi connectivity index (χ4v) is 4.50. The summed E-state index contributed by atoms with van der Waals surface area (Å²) < 4.78 is 16.0. The van der Waals surface area contributed by atoms with Crippen molar-refractivity contribution in [2.24, 2.45) is 0 Å². The van der Waals surface area contributed by atoms with Crippen molar-refractivity contribution in [2.75, 3.05) is 47.8 Å². The van der Waals surface area contributed by atoms with E-state index >= 15 is 0 Å². The van der Waals surface area contributed by atoms with Gasteiger partial charge in [-0.2, -0.15) is 0 Å². The Kier molecular flexibility index (Phi) is 8.04. The normalized spacial score (nSPS) is 17.7. The standard InChI is InChI=1S/C24H30N2O5S/c1-26-22(15-7-9-16(32-5)10-8-15)21(23(27)25-11-6-12-29-2)17-13-19(30-3)20(31-4)14-18(17)24(26)28/h7-10,13-14,21-22H,6,11-12H2,1-5H3,(H,25,27). The molecular weight excluding hydrogens is 428 g/mol. The van der Waals surface area contributed by atoms with E-state index < -0.39 is 12.0 Å². The second-order valence-electron chi connectivity index (χ2n) is 7.54. The molecule has 0 radical (unpaired) electrons. The topological polar surface area (TPSA) is 77.1 Å². The van der Waals surface area contributed by atoms with Gasteiger partial charge in [0.2, 0.25) is 5.91 Å². The number of nitrogens with one attached hydrogen (secondary N) is 1. The molecule has 2 amide bonds. The summed E-state index contributed by atoms with van der Waals surface area (Å²) in [5.41, 5.74) is 1.98. The lowest BCUT2D eigenvalue weighted by atomic mass is 9.79. The van der Waals surface area contributed by atoms with Crippen molar-refractivity contribution in [2.45, 2.75) is 23.3 Å². The first kappa shape index (κ1) is 23.9. The van der Waals surface area contributed by atoms with Crippen molar-refractivity contribution in [3.05, 3.63) is 53.1 Å². The lowest BCUT2D eigenvalue weighted by Gasteiger charge is -2.40. The van der Waals surface area contributed by atoms with Gasteiger partial charge in [0, 0.05) is 37.8 Å². The van der Waals surface area contributed by atoms with Crippen LogP contribution < -0.4 is 14.8 Å². The maximum absolute atomic E-state index is 13.5. The lowest BCUT2D eigenvalue weighted by Crippen LogP contribution is -2.46. The summed E-state index contributed by atoms with van der Waals surface area (Å²) >= 11 is 1.64. The Bertz CT molecular complexity index is 964. The summed E-state index contributed by atoms with van der Waals surface area (Å²) in [6, 6.07) is 10.9.